The van der Waals surface area contributed by atoms with E-state index in [1.165, 1.54) is 27.9 Å². The van der Waals surface area contributed by atoms with Crippen LogP contribution in [0.3, 0.4) is 0 Å². The summed E-state index contributed by atoms with van der Waals surface area (Å²) in [5.41, 5.74) is 6.22. The number of benzene rings is 1. The molecular formula is C19H23N3O. The molecule has 2 heterocycles. The van der Waals surface area contributed by atoms with Gasteiger partial charge >= 0.3 is 0 Å². The van der Waals surface area contributed by atoms with E-state index in [1.807, 2.05) is 24.1 Å². The third-order valence-corrected chi connectivity index (χ3v) is 5.15. The largest absolute Gasteiger partial charge is 0.312 e. The Morgan fingerprint density at radius 3 is 2.87 bits per heavy atom. The van der Waals surface area contributed by atoms with Crippen molar-refractivity contribution in [3.05, 3.63) is 46.8 Å². The Bertz CT molecular complexity index is 777. The van der Waals surface area contributed by atoms with Crippen molar-refractivity contribution in [1.29, 1.82) is 0 Å². The van der Waals surface area contributed by atoms with Crippen LogP contribution in [0, 0.1) is 19.8 Å². The van der Waals surface area contributed by atoms with Gasteiger partial charge in [0.05, 0.1) is 6.20 Å². The van der Waals surface area contributed by atoms with E-state index in [0.717, 1.165) is 25.8 Å². The number of anilines is 1. The van der Waals surface area contributed by atoms with Crippen molar-refractivity contribution in [1.82, 2.24) is 9.78 Å². The Morgan fingerprint density at radius 2 is 2.13 bits per heavy atom. The van der Waals surface area contributed by atoms with E-state index in [0.29, 0.717) is 11.8 Å². The van der Waals surface area contributed by atoms with Gasteiger partial charge in [0, 0.05) is 31.4 Å². The van der Waals surface area contributed by atoms with Crippen molar-refractivity contribution in [3.8, 4) is 0 Å². The van der Waals surface area contributed by atoms with E-state index < -0.39 is 0 Å². The number of aromatic nitrogens is 2. The molecule has 23 heavy (non-hydrogen) atoms. The summed E-state index contributed by atoms with van der Waals surface area (Å²) < 4.78 is 1.82. The topological polar surface area (TPSA) is 38.1 Å². The first-order chi connectivity index (χ1) is 11.0. The van der Waals surface area contributed by atoms with Crippen molar-refractivity contribution < 1.29 is 4.79 Å². The highest BCUT2D eigenvalue weighted by atomic mass is 16.2. The molecule has 1 aliphatic carbocycles. The lowest BCUT2D eigenvalue weighted by molar-refractivity contribution is -0.120. The maximum Gasteiger partial charge on any atom is 0.230 e. The monoisotopic (exact) mass is 309 g/mol. The fourth-order valence-corrected chi connectivity index (χ4v) is 4.05. The zero-order valence-corrected chi connectivity index (χ0v) is 14.0. The molecule has 4 nitrogen and oxygen atoms in total. The zero-order valence-electron chi connectivity index (χ0n) is 14.0. The fourth-order valence-electron chi connectivity index (χ4n) is 4.05. The molecule has 1 aromatic heterocycles. The Hall–Kier alpha value is -2.10. The molecule has 0 spiro atoms. The van der Waals surface area contributed by atoms with Crippen LogP contribution in [0.2, 0.25) is 0 Å². The Labute approximate surface area is 137 Å². The SMILES string of the molecule is Cc1cc(C)c2c(c1)CCCN2C(=O)[C@H]1C[C@H]1c1cnn(C)c1. The Morgan fingerprint density at radius 1 is 1.30 bits per heavy atom. The molecule has 0 N–H and O–H groups in total. The van der Waals surface area contributed by atoms with Crippen molar-refractivity contribution in [2.45, 2.75) is 39.0 Å². The fraction of sp³-hybridized carbons (Fsp3) is 0.474. The van der Waals surface area contributed by atoms with Crippen LogP contribution < -0.4 is 4.90 Å². The first-order valence-electron chi connectivity index (χ1n) is 8.44. The summed E-state index contributed by atoms with van der Waals surface area (Å²) in [6.07, 6.45) is 7.04. The van der Waals surface area contributed by atoms with Gasteiger partial charge in [-0.15, -0.1) is 0 Å². The van der Waals surface area contributed by atoms with Gasteiger partial charge in [0.1, 0.15) is 0 Å². The first-order valence-corrected chi connectivity index (χ1v) is 8.44. The molecule has 0 saturated heterocycles. The standard InChI is InChI=1S/C19H23N3O/c1-12-7-13(2)18-14(8-12)5-4-6-22(18)19(23)17-9-16(17)15-10-20-21(3)11-15/h7-8,10-11,16-17H,4-6,9H2,1-3H3/t16-,17-/m0/s1. The summed E-state index contributed by atoms with van der Waals surface area (Å²) >= 11 is 0. The Balaban J connectivity index is 1.60. The smallest absolute Gasteiger partial charge is 0.230 e. The first kappa shape index (κ1) is 14.5. The molecule has 1 saturated carbocycles. The molecule has 0 unspecified atom stereocenters. The van der Waals surface area contributed by atoms with Crippen LogP contribution in [-0.4, -0.2) is 22.2 Å². The van der Waals surface area contributed by atoms with Gasteiger partial charge in [-0.2, -0.15) is 5.10 Å². The molecule has 2 aromatic rings. The van der Waals surface area contributed by atoms with E-state index in [2.05, 4.69) is 36.0 Å². The molecule has 0 bridgehead atoms. The normalized spacial score (nSPS) is 22.8. The predicted molar refractivity (Wildman–Crippen MR) is 90.6 cm³/mol. The molecule has 1 amide bonds. The molecule has 2 atom stereocenters. The second kappa shape index (κ2) is 5.22. The van der Waals surface area contributed by atoms with Crippen LogP contribution in [0.4, 0.5) is 5.69 Å². The predicted octanol–water partition coefficient (Wildman–Crippen LogP) is 3.12. The molecule has 1 fully saturated rings. The molecule has 4 rings (SSSR count). The van der Waals surface area contributed by atoms with Gasteiger partial charge in [-0.25, -0.2) is 0 Å². The molecule has 2 aliphatic rings. The van der Waals surface area contributed by atoms with Gasteiger partial charge in [-0.1, -0.05) is 17.7 Å². The number of amides is 1. The van der Waals surface area contributed by atoms with E-state index in [9.17, 15) is 4.79 Å². The van der Waals surface area contributed by atoms with E-state index in [4.69, 9.17) is 0 Å². The number of carbonyl (C=O) groups is 1. The summed E-state index contributed by atoms with van der Waals surface area (Å²) in [4.78, 5) is 15.1. The number of hydrogen-bond donors (Lipinski definition) is 0. The second-order valence-electron chi connectivity index (χ2n) is 7.08. The highest BCUT2D eigenvalue weighted by molar-refractivity contribution is 5.99. The maximum atomic E-state index is 13.0. The van der Waals surface area contributed by atoms with Gasteiger partial charge in [0.2, 0.25) is 5.91 Å². The quantitative estimate of drug-likeness (QED) is 0.855. The van der Waals surface area contributed by atoms with Crippen LogP contribution in [0.15, 0.2) is 24.5 Å². The van der Waals surface area contributed by atoms with Crippen LogP contribution in [0.1, 0.15) is 41.0 Å². The van der Waals surface area contributed by atoms with Gasteiger partial charge in [0.25, 0.3) is 0 Å². The summed E-state index contributed by atoms with van der Waals surface area (Å²) in [7, 11) is 1.93. The minimum Gasteiger partial charge on any atom is -0.312 e. The summed E-state index contributed by atoms with van der Waals surface area (Å²) in [5, 5.41) is 4.24. The van der Waals surface area contributed by atoms with E-state index in [1.54, 1.807) is 0 Å². The number of fused-ring (bicyclic) bond motifs is 1. The van der Waals surface area contributed by atoms with Crippen LogP contribution in [-0.2, 0) is 18.3 Å². The third-order valence-electron chi connectivity index (χ3n) is 5.15. The number of nitrogens with zero attached hydrogens (tertiary/aromatic N) is 3. The van der Waals surface area contributed by atoms with Crippen molar-refractivity contribution in [3.63, 3.8) is 0 Å². The highest BCUT2D eigenvalue weighted by Crippen LogP contribution is 2.49. The van der Waals surface area contributed by atoms with Gasteiger partial charge in [-0.05, 0) is 55.7 Å². The molecule has 0 radical (unpaired) electrons. The lowest BCUT2D eigenvalue weighted by Gasteiger charge is -2.31. The van der Waals surface area contributed by atoms with E-state index in [-0.39, 0.29) is 5.92 Å². The van der Waals surface area contributed by atoms with Crippen LogP contribution in [0.5, 0.6) is 0 Å². The molecule has 1 aliphatic heterocycles. The third kappa shape index (κ3) is 2.46. The number of aryl methyl sites for hydroxylation is 4. The number of rotatable bonds is 2. The van der Waals surface area contributed by atoms with Crippen molar-refractivity contribution in [2.24, 2.45) is 13.0 Å². The summed E-state index contributed by atoms with van der Waals surface area (Å²) in [6, 6.07) is 4.43. The van der Waals surface area contributed by atoms with E-state index >= 15 is 0 Å². The Kier molecular flexibility index (Phi) is 3.29. The van der Waals surface area contributed by atoms with Gasteiger partial charge in [0.15, 0.2) is 0 Å². The summed E-state index contributed by atoms with van der Waals surface area (Å²) in [6.45, 7) is 5.11. The molecular weight excluding hydrogens is 286 g/mol. The minimum absolute atomic E-state index is 0.130. The van der Waals surface area contributed by atoms with Gasteiger partial charge in [-0.3, -0.25) is 9.48 Å². The number of carbonyl (C=O) groups excluding carboxylic acids is 1. The van der Waals surface area contributed by atoms with Crippen molar-refractivity contribution in [2.75, 3.05) is 11.4 Å². The minimum atomic E-state index is 0.130. The lowest BCUT2D eigenvalue weighted by atomic mass is 9.95. The average molecular weight is 309 g/mol. The van der Waals surface area contributed by atoms with Crippen molar-refractivity contribution >= 4 is 11.6 Å². The maximum absolute atomic E-state index is 13.0. The number of hydrogen-bond acceptors (Lipinski definition) is 2. The lowest BCUT2D eigenvalue weighted by Crippen LogP contribution is -2.37. The summed E-state index contributed by atoms with van der Waals surface area (Å²) in [5.74, 6) is 0.782. The molecule has 4 heteroatoms. The zero-order chi connectivity index (χ0) is 16.1. The average Bonchev–Trinajstić information content (AvgIpc) is 3.20. The van der Waals surface area contributed by atoms with Crippen LogP contribution >= 0.6 is 0 Å². The molecule has 1 aromatic carbocycles. The molecule has 120 valence electrons. The highest BCUT2D eigenvalue weighted by Gasteiger charge is 2.47. The van der Waals surface area contributed by atoms with Crippen LogP contribution in [0.25, 0.3) is 0 Å². The van der Waals surface area contributed by atoms with Gasteiger partial charge < -0.3 is 4.90 Å². The second-order valence-corrected chi connectivity index (χ2v) is 7.08.